The Bertz CT molecular complexity index is 2790. The number of piperidine rings is 1. The van der Waals surface area contributed by atoms with Crippen molar-refractivity contribution in [2.24, 2.45) is 133 Å². The molecular formula is C123H243N5O7. The lowest BCUT2D eigenvalue weighted by atomic mass is 9.78. The van der Waals surface area contributed by atoms with Gasteiger partial charge in [0, 0.05) is 110 Å². The molecule has 12 nitrogen and oxygen atoms in total. The molecule has 3 amide bonds. The van der Waals surface area contributed by atoms with Crippen molar-refractivity contribution < 1.29 is 33.5 Å². The monoisotopic (exact) mass is 1900 g/mol. The molecule has 0 N–H and O–H groups in total. The SMILES string of the molecule is C.C1=CCN=C1.CC.CC.CC(=O)CC1(CC(C)C)CC1.CC(=O)CC1(CC(C)C)CC1.CC(C)C1CCC1.CC(C)CC(=O)CC1CCCC1.CC(C)CC(=O)N1CCC1.CC(C)CC(=O)N1CCCC1.CC(C)CC(=O)N1CCCCC1.CC(C)CC1CCCC1.CC(C)CN1CCOCC1.CC1CCC(C(C)C)C1.CCC(C)C.CCC1(CC(C)C)CC1.CCC1(CC(C)C)CC1. The number of carbonyl (C=O) groups is 6. The van der Waals surface area contributed by atoms with Crippen molar-refractivity contribution in [3.05, 3.63) is 12.2 Å². The Labute approximate surface area is 846 Å². The molecule has 0 aromatic carbocycles. The number of likely N-dealkylation sites (tertiary alicyclic amines) is 3. The first-order chi connectivity index (χ1) is 63.1. The second kappa shape index (κ2) is 81.1. The first kappa shape index (κ1) is 138. The number of aliphatic imine (C=N–C) groups is 1. The Kier molecular flexibility index (Phi) is 82.9. The van der Waals surface area contributed by atoms with E-state index in [1.807, 2.05) is 54.5 Å². The molecule has 13 rings (SSSR count). The van der Waals surface area contributed by atoms with E-state index in [-0.39, 0.29) is 7.43 Å². The van der Waals surface area contributed by atoms with E-state index in [1.54, 1.807) is 20.1 Å². The van der Waals surface area contributed by atoms with Gasteiger partial charge in [-0.2, -0.15) is 0 Å². The first-order valence-electron chi connectivity index (χ1n) is 57.9. The van der Waals surface area contributed by atoms with Gasteiger partial charge in [0.2, 0.25) is 17.7 Å². The zero-order valence-electron chi connectivity index (χ0n) is 97.1. The van der Waals surface area contributed by atoms with Gasteiger partial charge in [-0.3, -0.25) is 29.1 Å². The highest BCUT2D eigenvalue weighted by Gasteiger charge is 2.45. The van der Waals surface area contributed by atoms with E-state index in [0.717, 1.165) is 211 Å². The Morgan fingerprint density at radius 2 is 0.711 bits per heavy atom. The quantitative estimate of drug-likeness (QED) is 0.0669. The maximum absolute atomic E-state index is 11.5. The van der Waals surface area contributed by atoms with Crippen molar-refractivity contribution in [1.29, 1.82) is 0 Å². The van der Waals surface area contributed by atoms with E-state index in [0.29, 0.717) is 69.6 Å². The van der Waals surface area contributed by atoms with Crippen molar-refractivity contribution in [3.8, 4) is 0 Å². The number of nitrogens with zero attached hydrogens (tertiary/aromatic N) is 5. The van der Waals surface area contributed by atoms with Gasteiger partial charge in [-0.05, 0) is 283 Å². The van der Waals surface area contributed by atoms with Crippen LogP contribution in [0.2, 0.25) is 0 Å². The summed E-state index contributed by atoms with van der Waals surface area (Å²) in [6, 6.07) is 0. The summed E-state index contributed by atoms with van der Waals surface area (Å²) in [7, 11) is 0. The molecule has 5 heterocycles. The average molecular weight is 1900 g/mol. The zero-order chi connectivity index (χ0) is 103. The topological polar surface area (TPSA) is 137 Å². The maximum Gasteiger partial charge on any atom is 0.222 e. The van der Waals surface area contributed by atoms with Crippen LogP contribution in [0, 0.1) is 128 Å². The molecule has 0 aromatic heterocycles. The van der Waals surface area contributed by atoms with E-state index >= 15 is 0 Å². The molecular weight excluding hydrogens is 1660 g/mol. The van der Waals surface area contributed by atoms with Crippen molar-refractivity contribution in [1.82, 2.24) is 19.6 Å². The molecule has 8 saturated carbocycles. The lowest BCUT2D eigenvalue weighted by Gasteiger charge is -2.31. The summed E-state index contributed by atoms with van der Waals surface area (Å²) in [6.45, 7) is 90.8. The molecule has 135 heavy (non-hydrogen) atoms. The van der Waals surface area contributed by atoms with Gasteiger partial charge in [0.25, 0.3) is 0 Å². The van der Waals surface area contributed by atoms with Gasteiger partial charge in [0.1, 0.15) is 17.3 Å². The van der Waals surface area contributed by atoms with Crippen molar-refractivity contribution >= 4 is 41.3 Å². The Balaban J connectivity index is -0.000000685. The lowest BCUT2D eigenvalue weighted by Crippen LogP contribution is -2.42. The normalized spacial score (nSPS) is 20.1. The highest BCUT2D eigenvalue weighted by Crippen LogP contribution is 2.56. The fourth-order valence-electron chi connectivity index (χ4n) is 20.2. The summed E-state index contributed by atoms with van der Waals surface area (Å²) in [6.07, 6.45) is 60.9. The maximum atomic E-state index is 11.5. The smallest absolute Gasteiger partial charge is 0.222 e. The molecule has 13 aliphatic rings. The van der Waals surface area contributed by atoms with Gasteiger partial charge >= 0.3 is 0 Å². The predicted octanol–water partition coefficient (Wildman–Crippen LogP) is 35.3. The van der Waals surface area contributed by atoms with Crippen LogP contribution in [0.4, 0.5) is 0 Å². The molecule has 0 radical (unpaired) electrons. The molecule has 5 aliphatic heterocycles. The van der Waals surface area contributed by atoms with E-state index in [1.165, 1.54) is 238 Å². The van der Waals surface area contributed by atoms with Crippen LogP contribution < -0.4 is 0 Å². The van der Waals surface area contributed by atoms with Crippen LogP contribution in [-0.2, 0) is 33.5 Å². The molecule has 0 bridgehead atoms. The summed E-state index contributed by atoms with van der Waals surface area (Å²) in [5.41, 5.74) is 2.52. The third-order valence-electron chi connectivity index (χ3n) is 28.8. The standard InChI is InChI=1S/C11H20O.C10H19NO.2C10H18O.C9H17NO.4C9H18.C8H17NO.C8H15NO.C7H14.C5H12.C4H5N.2C2H6.CH4/c1-9(2)7-11(12)8-10-5-3-4-6-10;1-9(2)8-10(12)11-6-4-3-5-7-11;2*1-8(2)6-10(4-5-10)7-9(3)11;1-8(2)7-9(11)10-5-3-4-6-10;1-7(2)9-5-4-8(3)6-9;1-8(2)7-9-5-3-4-6-9;2*1-4-9(5-6-9)7-8(2)3;1-8(2)7-9-3-5-10-6-4-9;1-7(2)6-8(10)9-4-3-5-9;1-6(2)7-4-3-5-7;1-4-5(2)3;1-2-4-5-3-1;2*1-2;/h9-10H,3-8H2,1-2H3;9H,3-8H2,1-2H3;2*8H,4-7H2,1-3H3;8H,3-7H2,1-2H3;7-9H,4-6H2,1-3H3;8-9H,3-7H2,1-2H3;2*8H,4-7H2,1-3H3;8H,3-7H2,1-2H3;7H,3-6H2,1-2H3;6-7H,3-5H2,1-2H3;5H,4H2,1-3H3;1-3H,4H2;2*1-2H3;1H4. The lowest BCUT2D eigenvalue weighted by molar-refractivity contribution is -0.135. The summed E-state index contributed by atoms with van der Waals surface area (Å²) >= 11 is 0. The first-order valence-corrected chi connectivity index (χ1v) is 57.9. The van der Waals surface area contributed by atoms with Gasteiger partial charge in [-0.15, -0.1) is 0 Å². The number of morpholine rings is 1. The summed E-state index contributed by atoms with van der Waals surface area (Å²) in [4.78, 5) is 79.5. The number of Topliss-reactive ketones (excluding diaryl/α,β-unsaturated/α-hetero) is 3. The Morgan fingerprint density at radius 1 is 0.370 bits per heavy atom. The van der Waals surface area contributed by atoms with Gasteiger partial charge in [0.15, 0.2) is 0 Å². The van der Waals surface area contributed by atoms with Crippen LogP contribution in [0.25, 0.3) is 0 Å². The van der Waals surface area contributed by atoms with Crippen LogP contribution in [0.15, 0.2) is 17.1 Å². The number of ketones is 3. The Morgan fingerprint density at radius 3 is 0.919 bits per heavy atom. The van der Waals surface area contributed by atoms with Crippen molar-refractivity contribution in [2.45, 2.75) is 533 Å². The second-order valence-electron chi connectivity index (χ2n) is 49.1. The summed E-state index contributed by atoms with van der Waals surface area (Å²) < 4.78 is 5.24. The number of rotatable bonds is 31. The highest BCUT2D eigenvalue weighted by molar-refractivity contribution is 5.79. The fourth-order valence-corrected chi connectivity index (χ4v) is 20.2. The minimum Gasteiger partial charge on any atom is -0.379 e. The van der Waals surface area contributed by atoms with Crippen LogP contribution in [0.3, 0.4) is 0 Å². The molecule has 0 spiro atoms. The van der Waals surface area contributed by atoms with E-state index in [9.17, 15) is 28.8 Å². The number of carbonyl (C=O) groups excluding carboxylic acids is 6. The van der Waals surface area contributed by atoms with E-state index < -0.39 is 0 Å². The fraction of sp³-hybridized carbons (Fsp3) is 0.927. The molecule has 802 valence electrons. The third-order valence-corrected chi connectivity index (χ3v) is 28.8. The molecule has 0 aromatic rings. The molecule has 8 aliphatic carbocycles. The highest BCUT2D eigenvalue weighted by atomic mass is 16.5. The number of hydrogen-bond donors (Lipinski definition) is 0. The van der Waals surface area contributed by atoms with Crippen LogP contribution >= 0.6 is 0 Å². The summed E-state index contributed by atoms with van der Waals surface area (Å²) in [5, 5.41) is 0. The molecule has 2 atom stereocenters. The number of hydrogen-bond acceptors (Lipinski definition) is 9. The number of ether oxygens (including phenoxy) is 1. The molecule has 4 saturated heterocycles. The zero-order valence-corrected chi connectivity index (χ0v) is 97.1. The predicted molar refractivity (Wildman–Crippen MR) is 597 cm³/mol. The molecule has 12 fully saturated rings. The number of allylic oxidation sites excluding steroid dienone is 1. The minimum atomic E-state index is 0. The minimum absolute atomic E-state index is 0. The van der Waals surface area contributed by atoms with Crippen molar-refractivity contribution in [2.75, 3.05) is 78.7 Å². The van der Waals surface area contributed by atoms with Crippen LogP contribution in [0.5, 0.6) is 0 Å². The molecule has 12 heteroatoms. The van der Waals surface area contributed by atoms with E-state index in [4.69, 9.17) is 4.74 Å². The third kappa shape index (κ3) is 78.9. The average Bonchev–Trinajstić information content (AvgIpc) is 1.59. The largest absolute Gasteiger partial charge is 0.379 e. The Hall–Kier alpha value is -3.25. The van der Waals surface area contributed by atoms with Crippen LogP contribution in [0.1, 0.15) is 533 Å². The van der Waals surface area contributed by atoms with Crippen LogP contribution in [-0.4, -0.2) is 140 Å². The van der Waals surface area contributed by atoms with Gasteiger partial charge in [-0.25, -0.2) is 0 Å². The number of amides is 3. The molecule has 2 unspecified atom stereocenters. The van der Waals surface area contributed by atoms with Gasteiger partial charge < -0.3 is 29.0 Å². The van der Waals surface area contributed by atoms with Gasteiger partial charge in [0.05, 0.1) is 19.8 Å². The summed E-state index contributed by atoms with van der Waals surface area (Å²) in [5.74, 6) is 17.0. The van der Waals surface area contributed by atoms with E-state index in [2.05, 4.69) is 218 Å². The second-order valence-corrected chi connectivity index (χ2v) is 49.1. The van der Waals surface area contributed by atoms with Crippen molar-refractivity contribution in [3.63, 3.8) is 0 Å². The van der Waals surface area contributed by atoms with Gasteiger partial charge in [-0.1, -0.05) is 345 Å².